The van der Waals surface area contributed by atoms with Gasteiger partial charge in [-0.05, 0) is 50.2 Å². The summed E-state index contributed by atoms with van der Waals surface area (Å²) in [5.41, 5.74) is 3.35. The van der Waals surface area contributed by atoms with Crippen molar-refractivity contribution in [3.63, 3.8) is 0 Å². The summed E-state index contributed by atoms with van der Waals surface area (Å²) in [7, 11) is 0. The summed E-state index contributed by atoms with van der Waals surface area (Å²) in [6.45, 7) is 3.99. The van der Waals surface area contributed by atoms with Gasteiger partial charge in [0.05, 0.1) is 12.3 Å². The molecule has 0 saturated carbocycles. The van der Waals surface area contributed by atoms with E-state index >= 15 is 0 Å². The summed E-state index contributed by atoms with van der Waals surface area (Å²) in [6.07, 6.45) is 1.51. The van der Waals surface area contributed by atoms with Crippen LogP contribution in [0.5, 0.6) is 0 Å². The summed E-state index contributed by atoms with van der Waals surface area (Å²) >= 11 is 3.41. The SMILES string of the molecule is CCOC(=O)c1cnc2nc(C)ccc2c1Nc1ccc(Br)cc1.Cl. The van der Waals surface area contributed by atoms with Crippen LogP contribution in [0.1, 0.15) is 23.0 Å². The second kappa shape index (κ2) is 8.27. The Kier molecular flexibility index (Phi) is 6.33. The Labute approximate surface area is 160 Å². The second-order valence-electron chi connectivity index (χ2n) is 5.22. The number of halogens is 2. The van der Waals surface area contributed by atoms with Crippen molar-refractivity contribution in [3.8, 4) is 0 Å². The maximum absolute atomic E-state index is 12.3. The van der Waals surface area contributed by atoms with Gasteiger partial charge < -0.3 is 10.1 Å². The third-order valence-electron chi connectivity index (χ3n) is 3.48. The van der Waals surface area contributed by atoms with Crippen molar-refractivity contribution in [2.24, 2.45) is 0 Å². The van der Waals surface area contributed by atoms with Gasteiger partial charge in [0, 0.05) is 27.4 Å². The van der Waals surface area contributed by atoms with Crippen LogP contribution in [0.2, 0.25) is 0 Å². The van der Waals surface area contributed by atoms with E-state index in [-0.39, 0.29) is 12.4 Å². The van der Waals surface area contributed by atoms with Gasteiger partial charge in [-0.1, -0.05) is 15.9 Å². The Balaban J connectivity index is 0.00000225. The van der Waals surface area contributed by atoms with E-state index in [1.54, 1.807) is 6.92 Å². The third kappa shape index (κ3) is 4.27. The highest BCUT2D eigenvalue weighted by Crippen LogP contribution is 2.29. The molecule has 0 radical (unpaired) electrons. The number of pyridine rings is 2. The minimum absolute atomic E-state index is 0. The highest BCUT2D eigenvalue weighted by atomic mass is 79.9. The van der Waals surface area contributed by atoms with Crippen molar-refractivity contribution in [1.29, 1.82) is 0 Å². The van der Waals surface area contributed by atoms with Gasteiger partial charge in [0.2, 0.25) is 0 Å². The Bertz CT molecular complexity index is 901. The van der Waals surface area contributed by atoms with Gasteiger partial charge in [0.25, 0.3) is 0 Å². The number of carbonyl (C=O) groups is 1. The molecule has 0 aliphatic carbocycles. The quantitative estimate of drug-likeness (QED) is 0.597. The van der Waals surface area contributed by atoms with E-state index in [1.807, 2.05) is 43.3 Å². The molecule has 1 aromatic carbocycles. The molecular weight excluding hydrogens is 406 g/mol. The van der Waals surface area contributed by atoms with E-state index in [4.69, 9.17) is 4.74 Å². The van der Waals surface area contributed by atoms with Crippen LogP contribution in [0.3, 0.4) is 0 Å². The lowest BCUT2D eigenvalue weighted by Crippen LogP contribution is -2.09. The standard InChI is InChI=1S/C18H16BrN3O2.ClH/c1-3-24-18(23)15-10-20-17-14(9-4-11(2)21-17)16(15)22-13-7-5-12(19)6-8-13;/h4-10H,3H2,1-2H3,(H,20,21,22);1H. The van der Waals surface area contributed by atoms with E-state index in [0.29, 0.717) is 23.5 Å². The summed E-state index contributed by atoms with van der Waals surface area (Å²) in [5, 5.41) is 4.07. The number of hydrogen-bond acceptors (Lipinski definition) is 5. The average molecular weight is 423 g/mol. The maximum atomic E-state index is 12.3. The number of aromatic nitrogens is 2. The van der Waals surface area contributed by atoms with E-state index in [0.717, 1.165) is 21.2 Å². The lowest BCUT2D eigenvalue weighted by atomic mass is 10.1. The molecule has 3 aromatic rings. The van der Waals surface area contributed by atoms with Gasteiger partial charge in [-0.3, -0.25) is 0 Å². The van der Waals surface area contributed by atoms with Crippen molar-refractivity contribution in [2.75, 3.05) is 11.9 Å². The van der Waals surface area contributed by atoms with Crippen LogP contribution in [0, 0.1) is 6.92 Å². The van der Waals surface area contributed by atoms with Crippen molar-refractivity contribution in [3.05, 3.63) is 58.3 Å². The highest BCUT2D eigenvalue weighted by molar-refractivity contribution is 9.10. The Morgan fingerprint density at radius 1 is 1.20 bits per heavy atom. The molecule has 0 amide bonds. The average Bonchev–Trinajstić information content (AvgIpc) is 2.57. The fourth-order valence-electron chi connectivity index (χ4n) is 2.35. The number of rotatable bonds is 4. The fraction of sp³-hybridized carbons (Fsp3) is 0.167. The molecule has 2 heterocycles. The molecular formula is C18H17BrClN3O2. The van der Waals surface area contributed by atoms with Gasteiger partial charge >= 0.3 is 5.97 Å². The zero-order chi connectivity index (χ0) is 17.1. The molecule has 25 heavy (non-hydrogen) atoms. The first-order valence-corrected chi connectivity index (χ1v) is 8.34. The maximum Gasteiger partial charge on any atom is 0.341 e. The summed E-state index contributed by atoms with van der Waals surface area (Å²) in [4.78, 5) is 21.0. The third-order valence-corrected chi connectivity index (χ3v) is 4.01. The molecule has 3 rings (SSSR count). The molecule has 0 fully saturated rings. The molecule has 0 aliphatic heterocycles. The minimum Gasteiger partial charge on any atom is -0.462 e. The van der Waals surface area contributed by atoms with Crippen molar-refractivity contribution >= 4 is 56.7 Å². The van der Waals surface area contributed by atoms with Gasteiger partial charge in [-0.15, -0.1) is 12.4 Å². The normalized spacial score (nSPS) is 10.2. The molecule has 0 saturated heterocycles. The van der Waals surface area contributed by atoms with Gasteiger partial charge in [-0.2, -0.15) is 0 Å². The number of aryl methyl sites for hydroxylation is 1. The monoisotopic (exact) mass is 421 g/mol. The first-order valence-electron chi connectivity index (χ1n) is 7.54. The van der Waals surface area contributed by atoms with Crippen LogP contribution in [0.25, 0.3) is 11.0 Å². The molecule has 7 heteroatoms. The van der Waals surface area contributed by atoms with Crippen LogP contribution in [0.4, 0.5) is 11.4 Å². The molecule has 0 unspecified atom stereocenters. The van der Waals surface area contributed by atoms with Crippen LogP contribution in [-0.2, 0) is 4.74 Å². The van der Waals surface area contributed by atoms with Crippen molar-refractivity contribution in [1.82, 2.24) is 9.97 Å². The molecule has 0 spiro atoms. The predicted molar refractivity (Wildman–Crippen MR) is 105 cm³/mol. The lowest BCUT2D eigenvalue weighted by Gasteiger charge is -2.14. The molecule has 0 atom stereocenters. The molecule has 0 aliphatic rings. The number of ether oxygens (including phenoxy) is 1. The molecule has 2 aromatic heterocycles. The molecule has 5 nitrogen and oxygen atoms in total. The Morgan fingerprint density at radius 2 is 1.92 bits per heavy atom. The molecule has 1 N–H and O–H groups in total. The smallest absolute Gasteiger partial charge is 0.341 e. The summed E-state index contributed by atoms with van der Waals surface area (Å²) in [5.74, 6) is -0.410. The second-order valence-corrected chi connectivity index (χ2v) is 6.14. The molecule has 130 valence electrons. The number of fused-ring (bicyclic) bond motifs is 1. The minimum atomic E-state index is -0.410. The van der Waals surface area contributed by atoms with E-state index in [2.05, 4.69) is 31.2 Å². The number of hydrogen-bond donors (Lipinski definition) is 1. The number of esters is 1. The number of nitrogens with one attached hydrogen (secondary N) is 1. The van der Waals surface area contributed by atoms with Crippen LogP contribution >= 0.6 is 28.3 Å². The number of nitrogens with zero attached hydrogens (tertiary/aromatic N) is 2. The molecule has 0 bridgehead atoms. The first kappa shape index (κ1) is 19.1. The summed E-state index contributed by atoms with van der Waals surface area (Å²) < 4.78 is 6.13. The first-order chi connectivity index (χ1) is 11.6. The lowest BCUT2D eigenvalue weighted by molar-refractivity contribution is 0.0527. The zero-order valence-corrected chi connectivity index (χ0v) is 16.1. The topological polar surface area (TPSA) is 64.1 Å². The van der Waals surface area contributed by atoms with E-state index < -0.39 is 5.97 Å². The largest absolute Gasteiger partial charge is 0.462 e. The van der Waals surface area contributed by atoms with Gasteiger partial charge in [-0.25, -0.2) is 14.8 Å². The van der Waals surface area contributed by atoms with Gasteiger partial charge in [0.1, 0.15) is 5.56 Å². The van der Waals surface area contributed by atoms with E-state index in [1.165, 1.54) is 6.20 Å². The zero-order valence-electron chi connectivity index (χ0n) is 13.7. The van der Waals surface area contributed by atoms with Crippen molar-refractivity contribution < 1.29 is 9.53 Å². The Hall–Kier alpha value is -2.18. The van der Waals surface area contributed by atoms with Gasteiger partial charge in [0.15, 0.2) is 5.65 Å². The van der Waals surface area contributed by atoms with Crippen molar-refractivity contribution in [2.45, 2.75) is 13.8 Å². The highest BCUT2D eigenvalue weighted by Gasteiger charge is 2.17. The predicted octanol–water partition coefficient (Wildman–Crippen LogP) is 5.04. The van der Waals surface area contributed by atoms with Crippen LogP contribution in [0.15, 0.2) is 47.1 Å². The number of carbonyl (C=O) groups excluding carboxylic acids is 1. The number of benzene rings is 1. The van der Waals surface area contributed by atoms with E-state index in [9.17, 15) is 4.79 Å². The van der Waals surface area contributed by atoms with Crippen LogP contribution < -0.4 is 5.32 Å². The fourth-order valence-corrected chi connectivity index (χ4v) is 2.61. The van der Waals surface area contributed by atoms with Crippen LogP contribution in [-0.4, -0.2) is 22.5 Å². The Morgan fingerprint density at radius 3 is 2.60 bits per heavy atom. The number of anilines is 2. The summed E-state index contributed by atoms with van der Waals surface area (Å²) in [6, 6.07) is 11.5.